The van der Waals surface area contributed by atoms with Crippen LogP contribution in [0.25, 0.3) is 0 Å². The highest BCUT2D eigenvalue weighted by Gasteiger charge is 2.49. The molecule has 2 aromatic rings. The van der Waals surface area contributed by atoms with Gasteiger partial charge in [-0.15, -0.1) is 0 Å². The molecule has 10 heteroatoms. The van der Waals surface area contributed by atoms with Gasteiger partial charge in [0.15, 0.2) is 0 Å². The number of amides is 4. The smallest absolute Gasteiger partial charge is 0.329 e. The van der Waals surface area contributed by atoms with Gasteiger partial charge < -0.3 is 9.47 Å². The normalized spacial score (nSPS) is 16.4. The summed E-state index contributed by atoms with van der Waals surface area (Å²) in [5.74, 6) is -4.99. The van der Waals surface area contributed by atoms with Crippen molar-refractivity contribution in [2.75, 3.05) is 14.2 Å². The van der Waals surface area contributed by atoms with Crippen LogP contribution >= 0.6 is 0 Å². The van der Waals surface area contributed by atoms with E-state index in [0.717, 1.165) is 14.2 Å². The minimum absolute atomic E-state index is 0.0896. The Labute approximate surface area is 187 Å². The fraction of sp³-hybridized carbons (Fsp3) is 0.217. The molecule has 2 atom stereocenters. The highest BCUT2D eigenvalue weighted by Crippen LogP contribution is 2.30. The van der Waals surface area contributed by atoms with E-state index in [-0.39, 0.29) is 22.3 Å². The quantitative estimate of drug-likeness (QED) is 0.472. The number of benzene rings is 2. The summed E-state index contributed by atoms with van der Waals surface area (Å²) in [7, 11) is 2.12. The number of methoxy groups -OCH3 is 2. The third kappa shape index (κ3) is 3.36. The van der Waals surface area contributed by atoms with E-state index >= 15 is 0 Å². The zero-order valence-electron chi connectivity index (χ0n) is 17.6. The molecule has 2 heterocycles. The summed E-state index contributed by atoms with van der Waals surface area (Å²) >= 11 is 0. The molecule has 33 heavy (non-hydrogen) atoms. The molecule has 4 amide bonds. The lowest BCUT2D eigenvalue weighted by atomic mass is 10.0. The molecule has 2 aromatic carbocycles. The van der Waals surface area contributed by atoms with E-state index < -0.39 is 54.1 Å². The van der Waals surface area contributed by atoms with Crippen LogP contribution in [0.3, 0.4) is 0 Å². The van der Waals surface area contributed by atoms with Gasteiger partial charge in [-0.25, -0.2) is 9.59 Å². The van der Waals surface area contributed by atoms with Crippen LogP contribution in [0.5, 0.6) is 0 Å². The zero-order chi connectivity index (χ0) is 23.9. The first-order valence-corrected chi connectivity index (χ1v) is 9.91. The molecule has 0 N–H and O–H groups in total. The summed E-state index contributed by atoms with van der Waals surface area (Å²) in [5.41, 5.74) is 0.358. The van der Waals surface area contributed by atoms with Crippen molar-refractivity contribution >= 4 is 35.6 Å². The number of ether oxygens (including phenoxy) is 2. The van der Waals surface area contributed by atoms with Crippen LogP contribution in [-0.2, 0) is 19.1 Å². The second-order valence-corrected chi connectivity index (χ2v) is 7.37. The molecule has 4 rings (SSSR count). The van der Waals surface area contributed by atoms with Crippen molar-refractivity contribution in [1.82, 2.24) is 9.80 Å². The summed E-state index contributed by atoms with van der Waals surface area (Å²) < 4.78 is 9.57. The highest BCUT2D eigenvalue weighted by atomic mass is 16.5. The number of hydrogen-bond acceptors (Lipinski definition) is 8. The third-order valence-corrected chi connectivity index (χ3v) is 5.67. The Bertz CT molecular complexity index is 1060. The van der Waals surface area contributed by atoms with Gasteiger partial charge in [0.1, 0.15) is 12.1 Å². The van der Waals surface area contributed by atoms with E-state index in [0.29, 0.717) is 9.80 Å². The molecule has 168 valence electrons. The molecule has 0 fully saturated rings. The standard InChI is InChI=1S/C23H18N2O8/c1-32-22(30)16(24-18(26)12-7-3-4-8-13(12)19(24)27)11-17(23(31)33-2)25-20(28)14-9-5-6-10-15(14)21(25)29/h3-10,16-17H,11H2,1-2H3/t16-,17+. The largest absolute Gasteiger partial charge is 0.467 e. The van der Waals surface area contributed by atoms with Crippen molar-refractivity contribution in [2.45, 2.75) is 18.5 Å². The molecule has 2 aliphatic rings. The van der Waals surface area contributed by atoms with Crippen LogP contribution in [0.2, 0.25) is 0 Å². The predicted octanol–water partition coefficient (Wildman–Crippen LogP) is 1.05. The number of rotatable bonds is 6. The Balaban J connectivity index is 1.73. The molecular weight excluding hydrogens is 432 g/mol. The van der Waals surface area contributed by atoms with Crippen molar-refractivity contribution in [3.8, 4) is 0 Å². The van der Waals surface area contributed by atoms with E-state index in [2.05, 4.69) is 0 Å². The predicted molar refractivity (Wildman–Crippen MR) is 110 cm³/mol. The topological polar surface area (TPSA) is 127 Å². The highest BCUT2D eigenvalue weighted by molar-refractivity contribution is 6.24. The van der Waals surface area contributed by atoms with Crippen molar-refractivity contribution in [3.05, 3.63) is 70.8 Å². The molecule has 0 aromatic heterocycles. The minimum atomic E-state index is -1.59. The van der Waals surface area contributed by atoms with Gasteiger partial charge in [0.2, 0.25) is 0 Å². The van der Waals surface area contributed by atoms with Crippen LogP contribution in [0.15, 0.2) is 48.5 Å². The summed E-state index contributed by atoms with van der Waals surface area (Å²) in [5, 5.41) is 0. The number of fused-ring (bicyclic) bond motifs is 2. The van der Waals surface area contributed by atoms with Crippen molar-refractivity contribution < 1.29 is 38.2 Å². The molecular formula is C23H18N2O8. The maximum atomic E-state index is 13.0. The SMILES string of the molecule is COC(=O)[C@@H](C[C@@H](C(=O)OC)N1C(=O)c2ccccc2C1=O)N1C(=O)c2ccccc2C1=O. The Hall–Kier alpha value is -4.34. The van der Waals surface area contributed by atoms with E-state index in [1.165, 1.54) is 24.3 Å². The summed E-state index contributed by atoms with van der Waals surface area (Å²) in [4.78, 5) is 78.5. The maximum absolute atomic E-state index is 13.0. The van der Waals surface area contributed by atoms with Gasteiger partial charge in [-0.2, -0.15) is 0 Å². The fourth-order valence-electron chi connectivity index (χ4n) is 4.08. The van der Waals surface area contributed by atoms with E-state index in [1.807, 2.05) is 0 Å². The molecule has 0 saturated carbocycles. The van der Waals surface area contributed by atoms with Crippen LogP contribution in [0, 0.1) is 0 Å². The van der Waals surface area contributed by atoms with Gasteiger partial charge in [-0.3, -0.25) is 29.0 Å². The Morgan fingerprint density at radius 1 is 0.636 bits per heavy atom. The number of nitrogens with zero attached hydrogens (tertiary/aromatic N) is 2. The second-order valence-electron chi connectivity index (χ2n) is 7.37. The van der Waals surface area contributed by atoms with E-state index in [4.69, 9.17) is 9.47 Å². The number of hydrogen-bond donors (Lipinski definition) is 0. The summed E-state index contributed by atoms with van der Waals surface area (Å²) in [6, 6.07) is 8.84. The monoisotopic (exact) mass is 450 g/mol. The molecule has 0 aliphatic carbocycles. The Morgan fingerprint density at radius 2 is 0.909 bits per heavy atom. The van der Waals surface area contributed by atoms with Crippen molar-refractivity contribution in [1.29, 1.82) is 0 Å². The van der Waals surface area contributed by atoms with E-state index in [9.17, 15) is 28.8 Å². The lowest BCUT2D eigenvalue weighted by Crippen LogP contribution is -2.53. The average molecular weight is 450 g/mol. The molecule has 0 bridgehead atoms. The Kier molecular flexibility index (Phi) is 5.50. The van der Waals surface area contributed by atoms with Crippen LogP contribution < -0.4 is 0 Å². The number of carbonyl (C=O) groups is 6. The average Bonchev–Trinajstić information content (AvgIpc) is 3.24. The van der Waals surface area contributed by atoms with Crippen LogP contribution in [-0.4, -0.2) is 71.7 Å². The number of esters is 2. The van der Waals surface area contributed by atoms with Gasteiger partial charge in [0.25, 0.3) is 23.6 Å². The first-order chi connectivity index (χ1) is 15.8. The third-order valence-electron chi connectivity index (χ3n) is 5.67. The molecule has 0 radical (unpaired) electrons. The first-order valence-electron chi connectivity index (χ1n) is 9.91. The van der Waals surface area contributed by atoms with Gasteiger partial charge in [-0.1, -0.05) is 24.3 Å². The fourth-order valence-corrected chi connectivity index (χ4v) is 4.08. The molecule has 0 saturated heterocycles. The van der Waals surface area contributed by atoms with Gasteiger partial charge in [-0.05, 0) is 24.3 Å². The lowest BCUT2D eigenvalue weighted by molar-refractivity contribution is -0.149. The van der Waals surface area contributed by atoms with Crippen molar-refractivity contribution in [3.63, 3.8) is 0 Å². The van der Waals surface area contributed by atoms with Crippen LogP contribution in [0.4, 0.5) is 0 Å². The molecule has 0 unspecified atom stereocenters. The maximum Gasteiger partial charge on any atom is 0.329 e. The van der Waals surface area contributed by atoms with Crippen molar-refractivity contribution in [2.24, 2.45) is 0 Å². The second kappa shape index (κ2) is 8.30. The van der Waals surface area contributed by atoms with Gasteiger partial charge in [0, 0.05) is 6.42 Å². The Morgan fingerprint density at radius 3 is 1.15 bits per heavy atom. The molecule has 0 spiro atoms. The molecule has 2 aliphatic heterocycles. The summed E-state index contributed by atoms with van der Waals surface area (Å²) in [6.45, 7) is 0. The first kappa shape index (κ1) is 21.9. The van der Waals surface area contributed by atoms with Crippen LogP contribution in [0.1, 0.15) is 47.9 Å². The lowest BCUT2D eigenvalue weighted by Gasteiger charge is -2.30. The zero-order valence-corrected chi connectivity index (χ0v) is 17.6. The number of carbonyl (C=O) groups excluding carboxylic acids is 6. The van der Waals surface area contributed by atoms with Gasteiger partial charge in [0.05, 0.1) is 36.5 Å². The minimum Gasteiger partial charge on any atom is -0.467 e. The molecule has 10 nitrogen and oxygen atoms in total. The summed E-state index contributed by atoms with van der Waals surface area (Å²) in [6.07, 6.45) is -0.587. The van der Waals surface area contributed by atoms with Gasteiger partial charge >= 0.3 is 11.9 Å². The van der Waals surface area contributed by atoms with E-state index in [1.54, 1.807) is 24.3 Å². The number of imide groups is 2.